The first-order chi connectivity index (χ1) is 9.77. The van der Waals surface area contributed by atoms with Gasteiger partial charge in [-0.15, -0.1) is 0 Å². The first-order valence-corrected chi connectivity index (χ1v) is 7.89. The molecule has 1 aromatic rings. The third kappa shape index (κ3) is 6.74. The van der Waals surface area contributed by atoms with Gasteiger partial charge in [0.15, 0.2) is 0 Å². The van der Waals surface area contributed by atoms with Crippen molar-refractivity contribution in [1.29, 1.82) is 0 Å². The second-order valence-electron chi connectivity index (χ2n) is 5.44. The molecule has 1 aromatic carbocycles. The molecule has 0 N–H and O–H groups in total. The quantitative estimate of drug-likeness (QED) is 0.440. The minimum Gasteiger partial charge on any atom is -0.469 e. The molecule has 112 valence electrons. The van der Waals surface area contributed by atoms with Crippen molar-refractivity contribution < 1.29 is 9.53 Å². The smallest absolute Gasteiger partial charge is 0.306 e. The topological polar surface area (TPSA) is 26.3 Å². The van der Waals surface area contributed by atoms with E-state index in [0.29, 0.717) is 12.3 Å². The van der Waals surface area contributed by atoms with Crippen molar-refractivity contribution in [2.75, 3.05) is 7.11 Å². The molecule has 1 rings (SSSR count). The van der Waals surface area contributed by atoms with Crippen molar-refractivity contribution in [1.82, 2.24) is 0 Å². The summed E-state index contributed by atoms with van der Waals surface area (Å²) in [4.78, 5) is 11.5. The maximum absolute atomic E-state index is 11.5. The molecule has 0 aliphatic rings. The molecule has 2 nitrogen and oxygen atoms in total. The van der Waals surface area contributed by atoms with E-state index < -0.39 is 0 Å². The Labute approximate surface area is 123 Å². The number of methoxy groups -OCH3 is 1. The molecule has 0 aliphatic carbocycles. The summed E-state index contributed by atoms with van der Waals surface area (Å²) < 4.78 is 4.82. The molecule has 0 heterocycles. The number of esters is 1. The Morgan fingerprint density at radius 3 is 2.35 bits per heavy atom. The largest absolute Gasteiger partial charge is 0.469 e. The molecular weight excluding hydrogens is 248 g/mol. The maximum atomic E-state index is 11.5. The van der Waals surface area contributed by atoms with Crippen LogP contribution in [0.15, 0.2) is 30.3 Å². The van der Waals surface area contributed by atoms with Crippen LogP contribution in [-0.4, -0.2) is 13.1 Å². The van der Waals surface area contributed by atoms with Gasteiger partial charge in [-0.25, -0.2) is 0 Å². The second-order valence-corrected chi connectivity index (χ2v) is 5.44. The summed E-state index contributed by atoms with van der Waals surface area (Å²) in [5.74, 6) is 0.194. The summed E-state index contributed by atoms with van der Waals surface area (Å²) in [6.45, 7) is 2.24. The fourth-order valence-electron chi connectivity index (χ4n) is 2.57. The van der Waals surface area contributed by atoms with E-state index in [4.69, 9.17) is 4.74 Å². The summed E-state index contributed by atoms with van der Waals surface area (Å²) in [5.41, 5.74) is 1.26. The van der Waals surface area contributed by atoms with E-state index in [-0.39, 0.29) is 5.97 Å². The Balaban J connectivity index is 2.41. The normalized spacial score (nSPS) is 12.1. The van der Waals surface area contributed by atoms with Gasteiger partial charge in [0.25, 0.3) is 0 Å². The van der Waals surface area contributed by atoms with Crippen LogP contribution in [-0.2, 0) is 9.53 Å². The monoisotopic (exact) mass is 276 g/mol. The van der Waals surface area contributed by atoms with Gasteiger partial charge in [-0.05, 0) is 17.9 Å². The van der Waals surface area contributed by atoms with Gasteiger partial charge in [0.1, 0.15) is 0 Å². The minimum atomic E-state index is -0.107. The Morgan fingerprint density at radius 1 is 1.05 bits per heavy atom. The molecule has 2 heteroatoms. The number of hydrogen-bond donors (Lipinski definition) is 0. The Bertz CT molecular complexity index is 359. The molecule has 0 saturated heterocycles. The van der Waals surface area contributed by atoms with Crippen LogP contribution in [0.4, 0.5) is 0 Å². The molecule has 0 fully saturated rings. The van der Waals surface area contributed by atoms with Crippen LogP contribution in [0.2, 0.25) is 0 Å². The van der Waals surface area contributed by atoms with E-state index in [1.54, 1.807) is 0 Å². The third-order valence-electron chi connectivity index (χ3n) is 3.82. The van der Waals surface area contributed by atoms with Crippen molar-refractivity contribution >= 4 is 5.97 Å². The number of carbonyl (C=O) groups excluding carboxylic acids is 1. The average Bonchev–Trinajstić information content (AvgIpc) is 2.50. The van der Waals surface area contributed by atoms with E-state index in [1.165, 1.54) is 51.2 Å². The molecule has 20 heavy (non-hydrogen) atoms. The lowest BCUT2D eigenvalue weighted by Crippen LogP contribution is -2.09. The van der Waals surface area contributed by atoms with Crippen LogP contribution in [0.1, 0.15) is 69.8 Å². The van der Waals surface area contributed by atoms with Crippen LogP contribution >= 0.6 is 0 Å². The second kappa shape index (κ2) is 10.5. The molecule has 0 amide bonds. The number of ether oxygens (including phenoxy) is 1. The van der Waals surface area contributed by atoms with Gasteiger partial charge in [-0.2, -0.15) is 0 Å². The lowest BCUT2D eigenvalue weighted by atomic mass is 9.90. The zero-order valence-corrected chi connectivity index (χ0v) is 12.9. The van der Waals surface area contributed by atoms with Crippen molar-refractivity contribution in [2.45, 2.75) is 64.2 Å². The van der Waals surface area contributed by atoms with E-state index >= 15 is 0 Å². The molecule has 0 radical (unpaired) electrons. The van der Waals surface area contributed by atoms with Crippen molar-refractivity contribution in [3.05, 3.63) is 35.9 Å². The van der Waals surface area contributed by atoms with Gasteiger partial charge in [0.05, 0.1) is 13.5 Å². The van der Waals surface area contributed by atoms with Crippen LogP contribution < -0.4 is 0 Å². The van der Waals surface area contributed by atoms with Crippen LogP contribution in [0.3, 0.4) is 0 Å². The van der Waals surface area contributed by atoms with Gasteiger partial charge in [-0.1, -0.05) is 75.8 Å². The molecular formula is C18H28O2. The summed E-state index contributed by atoms with van der Waals surface area (Å²) in [6.07, 6.45) is 9.31. The number of benzene rings is 1. The fraction of sp³-hybridized carbons (Fsp3) is 0.611. The van der Waals surface area contributed by atoms with Gasteiger partial charge < -0.3 is 4.74 Å². The number of carbonyl (C=O) groups is 1. The summed E-state index contributed by atoms with van der Waals surface area (Å²) in [7, 11) is 1.47. The van der Waals surface area contributed by atoms with E-state index in [0.717, 1.165) is 6.42 Å². The highest BCUT2D eigenvalue weighted by molar-refractivity contribution is 5.70. The fourth-order valence-corrected chi connectivity index (χ4v) is 2.57. The highest BCUT2D eigenvalue weighted by Gasteiger charge is 2.15. The lowest BCUT2D eigenvalue weighted by molar-refractivity contribution is -0.141. The predicted molar refractivity (Wildman–Crippen MR) is 83.8 cm³/mol. The van der Waals surface area contributed by atoms with Crippen molar-refractivity contribution in [3.8, 4) is 0 Å². The highest BCUT2D eigenvalue weighted by Crippen LogP contribution is 2.26. The molecule has 1 unspecified atom stereocenters. The Morgan fingerprint density at radius 2 is 1.70 bits per heavy atom. The molecule has 0 spiro atoms. The Kier molecular flexibility index (Phi) is 8.77. The van der Waals surface area contributed by atoms with E-state index in [1.807, 2.05) is 18.2 Å². The maximum Gasteiger partial charge on any atom is 0.306 e. The van der Waals surface area contributed by atoms with Gasteiger partial charge in [-0.3, -0.25) is 4.79 Å². The van der Waals surface area contributed by atoms with Gasteiger partial charge >= 0.3 is 5.97 Å². The van der Waals surface area contributed by atoms with E-state index in [2.05, 4.69) is 19.1 Å². The van der Waals surface area contributed by atoms with Crippen molar-refractivity contribution in [3.63, 3.8) is 0 Å². The first kappa shape index (κ1) is 16.7. The third-order valence-corrected chi connectivity index (χ3v) is 3.82. The molecule has 1 atom stereocenters. The predicted octanol–water partition coefficient (Wildman–Crippen LogP) is 5.08. The summed E-state index contributed by atoms with van der Waals surface area (Å²) in [5, 5.41) is 0. The zero-order chi connectivity index (χ0) is 14.6. The van der Waals surface area contributed by atoms with E-state index in [9.17, 15) is 4.79 Å². The number of rotatable bonds is 10. The Hall–Kier alpha value is -1.31. The summed E-state index contributed by atoms with van der Waals surface area (Å²) >= 11 is 0. The molecule has 0 bridgehead atoms. The van der Waals surface area contributed by atoms with Crippen LogP contribution in [0.5, 0.6) is 0 Å². The van der Waals surface area contributed by atoms with Gasteiger partial charge in [0, 0.05) is 0 Å². The lowest BCUT2D eigenvalue weighted by Gasteiger charge is -2.16. The SMILES string of the molecule is CCCCCCCCC(CC(=O)OC)c1ccccc1. The van der Waals surface area contributed by atoms with Gasteiger partial charge in [0.2, 0.25) is 0 Å². The zero-order valence-electron chi connectivity index (χ0n) is 12.9. The number of unbranched alkanes of at least 4 members (excludes halogenated alkanes) is 5. The number of hydrogen-bond acceptors (Lipinski definition) is 2. The van der Waals surface area contributed by atoms with Crippen LogP contribution in [0.25, 0.3) is 0 Å². The molecule has 0 aliphatic heterocycles. The average molecular weight is 276 g/mol. The van der Waals surface area contributed by atoms with Crippen LogP contribution in [0, 0.1) is 0 Å². The first-order valence-electron chi connectivity index (χ1n) is 7.89. The van der Waals surface area contributed by atoms with Crippen molar-refractivity contribution in [2.24, 2.45) is 0 Å². The standard InChI is InChI=1S/C18H28O2/c1-3-4-5-6-7-9-14-17(15-18(19)20-2)16-12-10-8-11-13-16/h8,10-13,17H,3-7,9,14-15H2,1-2H3. The molecule has 0 aromatic heterocycles. The highest BCUT2D eigenvalue weighted by atomic mass is 16.5. The minimum absolute atomic E-state index is 0.107. The summed E-state index contributed by atoms with van der Waals surface area (Å²) in [6, 6.07) is 10.3. The molecule has 0 saturated carbocycles.